The van der Waals surface area contributed by atoms with E-state index in [2.05, 4.69) is 60.5 Å². The van der Waals surface area contributed by atoms with Crippen LogP contribution in [0.25, 0.3) is 22.0 Å². The zero-order chi connectivity index (χ0) is 26.9. The molecule has 0 spiro atoms. The second kappa shape index (κ2) is 9.95. The first-order chi connectivity index (χ1) is 19.1. The minimum Gasteiger partial charge on any atom is -0.423 e. The Balaban J connectivity index is 1.54. The molecule has 0 amide bonds. The number of hydrogen-bond acceptors (Lipinski definition) is 5. The summed E-state index contributed by atoms with van der Waals surface area (Å²) in [6, 6.07) is 25.5. The lowest BCUT2D eigenvalue weighted by Gasteiger charge is -2.34. The molecule has 0 N–H and O–H groups in total. The summed E-state index contributed by atoms with van der Waals surface area (Å²) < 4.78 is 10.9. The van der Waals surface area contributed by atoms with E-state index in [0.717, 1.165) is 47.6 Å². The van der Waals surface area contributed by atoms with Gasteiger partial charge in [0, 0.05) is 41.2 Å². The number of carbonyl (C=O) groups is 2. The molecule has 0 saturated heterocycles. The summed E-state index contributed by atoms with van der Waals surface area (Å²) in [4.78, 5) is 26.0. The topological polar surface area (TPSA) is 55.8 Å². The molecule has 190 valence electrons. The minimum absolute atomic E-state index is 0.399. The summed E-state index contributed by atoms with van der Waals surface area (Å²) in [6.45, 7) is 6.99. The van der Waals surface area contributed by atoms with Crippen molar-refractivity contribution in [1.29, 1.82) is 0 Å². The Hall–Kier alpha value is -5.16. The highest BCUT2D eigenvalue weighted by molar-refractivity contribution is 6.06. The maximum Gasteiger partial charge on any atom is 0.335 e. The molecule has 4 aromatic carbocycles. The fraction of sp³-hybridized carbons (Fsp3) is 0.0588. The summed E-state index contributed by atoms with van der Waals surface area (Å²) in [5.41, 5.74) is 7.55. The van der Waals surface area contributed by atoms with Crippen LogP contribution in [0.3, 0.4) is 0 Å². The fourth-order valence-electron chi connectivity index (χ4n) is 5.34. The van der Waals surface area contributed by atoms with Gasteiger partial charge in [-0.1, -0.05) is 67.8 Å². The van der Waals surface area contributed by atoms with Gasteiger partial charge in [0.2, 0.25) is 0 Å². The van der Waals surface area contributed by atoms with Gasteiger partial charge < -0.3 is 14.4 Å². The van der Waals surface area contributed by atoms with E-state index < -0.39 is 11.9 Å². The molecule has 2 aliphatic rings. The third-order valence-electron chi connectivity index (χ3n) is 6.98. The van der Waals surface area contributed by atoms with Crippen LogP contribution in [-0.4, -0.2) is 11.9 Å². The van der Waals surface area contributed by atoms with Crippen LogP contribution >= 0.6 is 0 Å². The van der Waals surface area contributed by atoms with Crippen molar-refractivity contribution in [2.75, 3.05) is 4.90 Å². The lowest BCUT2D eigenvalue weighted by molar-refractivity contribution is -0.129. The number of carbonyl (C=O) groups excluding carboxylic acids is 2. The van der Waals surface area contributed by atoms with Crippen LogP contribution < -0.4 is 14.4 Å². The van der Waals surface area contributed by atoms with E-state index >= 15 is 0 Å². The molecule has 0 saturated carbocycles. The third kappa shape index (κ3) is 4.44. The van der Waals surface area contributed by atoms with Crippen LogP contribution in [0.1, 0.15) is 23.1 Å². The highest BCUT2D eigenvalue weighted by Crippen LogP contribution is 2.47. The molecular formula is C34H25NO4. The Labute approximate surface area is 226 Å². The van der Waals surface area contributed by atoms with Crippen molar-refractivity contribution in [3.05, 3.63) is 133 Å². The predicted molar refractivity (Wildman–Crippen MR) is 155 cm³/mol. The number of nitrogens with zero attached hydrogens (tertiary/aromatic N) is 1. The summed E-state index contributed by atoms with van der Waals surface area (Å²) in [7, 11) is 0. The van der Waals surface area contributed by atoms with Crippen molar-refractivity contribution in [2.45, 2.75) is 12.8 Å². The van der Waals surface area contributed by atoms with Crippen LogP contribution in [0.2, 0.25) is 0 Å². The van der Waals surface area contributed by atoms with Gasteiger partial charge in [-0.15, -0.1) is 0 Å². The normalized spacial score (nSPS) is 13.1. The first kappa shape index (κ1) is 24.2. The Morgan fingerprint density at radius 1 is 0.744 bits per heavy atom. The van der Waals surface area contributed by atoms with E-state index in [9.17, 15) is 9.59 Å². The quantitative estimate of drug-likeness (QED) is 0.146. The van der Waals surface area contributed by atoms with E-state index in [0.29, 0.717) is 11.5 Å². The van der Waals surface area contributed by atoms with Crippen LogP contribution in [-0.2, 0) is 16.0 Å². The SMILES string of the molecule is C=CC(=O)Oc1cccc(N(C2=CCC3=CCc4cccc5ccc2c3c45)c2cccc(OC(=O)C=C)c2)c1. The Bertz CT molecular complexity index is 1680. The molecule has 4 aromatic rings. The molecule has 2 aliphatic carbocycles. The zero-order valence-corrected chi connectivity index (χ0v) is 21.2. The summed E-state index contributed by atoms with van der Waals surface area (Å²) in [5, 5.41) is 2.52. The van der Waals surface area contributed by atoms with Gasteiger partial charge in [0.25, 0.3) is 0 Å². The van der Waals surface area contributed by atoms with Gasteiger partial charge in [-0.2, -0.15) is 0 Å². The number of hydrogen-bond donors (Lipinski definition) is 0. The van der Waals surface area contributed by atoms with Crippen molar-refractivity contribution < 1.29 is 19.1 Å². The lowest BCUT2D eigenvalue weighted by atomic mass is 9.80. The Morgan fingerprint density at radius 2 is 1.38 bits per heavy atom. The van der Waals surface area contributed by atoms with Gasteiger partial charge in [0.05, 0.1) is 5.70 Å². The summed E-state index contributed by atoms with van der Waals surface area (Å²) in [5.74, 6) is -0.267. The van der Waals surface area contributed by atoms with Gasteiger partial charge in [-0.25, -0.2) is 9.59 Å². The molecule has 0 radical (unpaired) electrons. The van der Waals surface area contributed by atoms with Crippen LogP contribution in [0.15, 0.2) is 116 Å². The van der Waals surface area contributed by atoms with Gasteiger partial charge in [0.15, 0.2) is 0 Å². The first-order valence-corrected chi connectivity index (χ1v) is 12.7. The van der Waals surface area contributed by atoms with Crippen LogP contribution in [0.4, 0.5) is 11.4 Å². The second-order valence-electron chi connectivity index (χ2n) is 9.31. The molecule has 5 nitrogen and oxygen atoms in total. The van der Waals surface area contributed by atoms with Gasteiger partial charge in [0.1, 0.15) is 11.5 Å². The largest absolute Gasteiger partial charge is 0.423 e. The summed E-state index contributed by atoms with van der Waals surface area (Å²) >= 11 is 0. The highest BCUT2D eigenvalue weighted by Gasteiger charge is 2.27. The number of esters is 2. The lowest BCUT2D eigenvalue weighted by Crippen LogP contribution is -2.19. The summed E-state index contributed by atoms with van der Waals surface area (Å²) in [6.07, 6.45) is 8.52. The van der Waals surface area contributed by atoms with Gasteiger partial charge in [-0.3, -0.25) is 0 Å². The van der Waals surface area contributed by atoms with Crippen molar-refractivity contribution in [2.24, 2.45) is 0 Å². The van der Waals surface area contributed by atoms with E-state index in [1.54, 1.807) is 12.1 Å². The molecular weight excluding hydrogens is 486 g/mol. The van der Waals surface area contributed by atoms with Gasteiger partial charge >= 0.3 is 11.9 Å². The van der Waals surface area contributed by atoms with E-state index in [-0.39, 0.29) is 0 Å². The fourth-order valence-corrected chi connectivity index (χ4v) is 5.34. The molecule has 6 rings (SSSR count). The number of anilines is 2. The first-order valence-electron chi connectivity index (χ1n) is 12.7. The van der Waals surface area contributed by atoms with Crippen LogP contribution in [0, 0.1) is 0 Å². The predicted octanol–water partition coefficient (Wildman–Crippen LogP) is 7.55. The molecule has 5 heteroatoms. The Morgan fingerprint density at radius 3 is 2.03 bits per heavy atom. The van der Waals surface area contributed by atoms with E-state index in [1.807, 2.05) is 36.4 Å². The van der Waals surface area contributed by atoms with Crippen LogP contribution in [0.5, 0.6) is 11.5 Å². The molecule has 39 heavy (non-hydrogen) atoms. The standard InChI is InChI=1S/C34H25NO4/c1-3-31(36)38-27-12-6-10-25(20-27)35(26-11-7-13-28(21-26)39-32(37)4-2)30-19-17-24-15-14-22-8-5-9-23-16-18-29(30)34(24)33(22)23/h3-13,15-16,18-21H,1-2,14,17H2. The van der Waals surface area contributed by atoms with E-state index in [1.165, 1.54) is 27.5 Å². The molecule has 0 unspecified atom stereocenters. The maximum absolute atomic E-state index is 11.9. The molecule has 0 heterocycles. The molecule has 0 aromatic heterocycles. The van der Waals surface area contributed by atoms with Crippen molar-refractivity contribution in [3.63, 3.8) is 0 Å². The number of benzene rings is 4. The van der Waals surface area contributed by atoms with Crippen molar-refractivity contribution in [1.82, 2.24) is 0 Å². The molecule has 0 bridgehead atoms. The molecule has 0 fully saturated rings. The minimum atomic E-state index is -0.532. The van der Waals surface area contributed by atoms with Gasteiger partial charge in [-0.05, 0) is 64.6 Å². The number of allylic oxidation sites excluding steroid dienone is 3. The molecule has 0 aliphatic heterocycles. The number of rotatable bonds is 7. The number of ether oxygens (including phenoxy) is 2. The maximum atomic E-state index is 11.9. The smallest absolute Gasteiger partial charge is 0.335 e. The zero-order valence-electron chi connectivity index (χ0n) is 21.2. The average molecular weight is 512 g/mol. The second-order valence-corrected chi connectivity index (χ2v) is 9.31. The van der Waals surface area contributed by atoms with E-state index in [4.69, 9.17) is 9.47 Å². The van der Waals surface area contributed by atoms with Crippen molar-refractivity contribution in [3.8, 4) is 11.5 Å². The monoisotopic (exact) mass is 511 g/mol. The third-order valence-corrected chi connectivity index (χ3v) is 6.98. The Kier molecular flexibility index (Phi) is 6.17. The highest BCUT2D eigenvalue weighted by atomic mass is 16.5. The average Bonchev–Trinajstić information content (AvgIpc) is 2.97. The molecule has 0 atom stereocenters. The van der Waals surface area contributed by atoms with Crippen molar-refractivity contribution >= 4 is 45.4 Å².